The van der Waals surface area contributed by atoms with E-state index in [1.165, 1.54) is 22.5 Å². The summed E-state index contributed by atoms with van der Waals surface area (Å²) in [5.41, 5.74) is -0.287. The first-order chi connectivity index (χ1) is 10.3. The van der Waals surface area contributed by atoms with Crippen LogP contribution in [0.2, 0.25) is 5.02 Å². The van der Waals surface area contributed by atoms with Crippen molar-refractivity contribution < 1.29 is 18.3 Å². The smallest absolute Gasteiger partial charge is 0.337 e. The maximum absolute atomic E-state index is 12.8. The SMILES string of the molecule is CCCCN(CCCC)S(=O)(=O)c1ccc(Cl)cc1C(=O)O. The van der Waals surface area contributed by atoms with Gasteiger partial charge in [-0.05, 0) is 31.0 Å². The first-order valence-corrected chi connectivity index (χ1v) is 9.19. The number of sulfonamides is 1. The Morgan fingerprint density at radius 1 is 1.18 bits per heavy atom. The average Bonchev–Trinajstić information content (AvgIpc) is 2.46. The number of unbranched alkanes of at least 4 members (excludes halogenated alkanes) is 2. The molecule has 124 valence electrons. The van der Waals surface area contributed by atoms with Gasteiger partial charge in [0, 0.05) is 18.1 Å². The van der Waals surface area contributed by atoms with Gasteiger partial charge in [-0.25, -0.2) is 13.2 Å². The Morgan fingerprint density at radius 3 is 2.18 bits per heavy atom. The molecule has 1 rings (SSSR count). The Kier molecular flexibility index (Phi) is 7.32. The molecule has 0 heterocycles. The quantitative estimate of drug-likeness (QED) is 0.740. The summed E-state index contributed by atoms with van der Waals surface area (Å²) in [5.74, 6) is -1.30. The summed E-state index contributed by atoms with van der Waals surface area (Å²) in [7, 11) is -3.84. The molecule has 0 saturated heterocycles. The normalized spacial score (nSPS) is 11.8. The van der Waals surface area contributed by atoms with Crippen LogP contribution in [-0.4, -0.2) is 36.9 Å². The third kappa shape index (κ3) is 4.69. The van der Waals surface area contributed by atoms with Crippen molar-refractivity contribution in [3.63, 3.8) is 0 Å². The van der Waals surface area contributed by atoms with Gasteiger partial charge in [-0.2, -0.15) is 4.31 Å². The highest BCUT2D eigenvalue weighted by Gasteiger charge is 2.28. The molecule has 0 saturated carbocycles. The summed E-state index contributed by atoms with van der Waals surface area (Å²) in [5, 5.41) is 9.44. The molecule has 0 amide bonds. The molecule has 0 aromatic heterocycles. The molecular formula is C15H22ClNO4S. The van der Waals surface area contributed by atoms with Gasteiger partial charge in [-0.15, -0.1) is 0 Å². The van der Waals surface area contributed by atoms with Crippen molar-refractivity contribution >= 4 is 27.6 Å². The summed E-state index contributed by atoms with van der Waals surface area (Å²) in [6.45, 7) is 4.74. The average molecular weight is 348 g/mol. The van der Waals surface area contributed by atoms with Crippen LogP contribution < -0.4 is 0 Å². The van der Waals surface area contributed by atoms with Gasteiger partial charge in [-0.3, -0.25) is 0 Å². The van der Waals surface area contributed by atoms with E-state index in [2.05, 4.69) is 0 Å². The van der Waals surface area contributed by atoms with E-state index in [0.717, 1.165) is 25.7 Å². The lowest BCUT2D eigenvalue weighted by Gasteiger charge is -2.22. The van der Waals surface area contributed by atoms with Gasteiger partial charge in [0.2, 0.25) is 10.0 Å². The van der Waals surface area contributed by atoms with Crippen molar-refractivity contribution in [1.29, 1.82) is 0 Å². The molecule has 1 aromatic rings. The molecule has 0 aliphatic heterocycles. The Balaban J connectivity index is 3.26. The minimum absolute atomic E-state index is 0.198. The van der Waals surface area contributed by atoms with Crippen molar-refractivity contribution in [2.75, 3.05) is 13.1 Å². The molecule has 0 aliphatic rings. The topological polar surface area (TPSA) is 74.7 Å². The van der Waals surface area contributed by atoms with E-state index in [9.17, 15) is 18.3 Å². The van der Waals surface area contributed by atoms with Crippen LogP contribution in [0.1, 0.15) is 49.9 Å². The lowest BCUT2D eigenvalue weighted by atomic mass is 10.2. The lowest BCUT2D eigenvalue weighted by molar-refractivity contribution is 0.0692. The van der Waals surface area contributed by atoms with Crippen molar-refractivity contribution in [2.24, 2.45) is 0 Å². The van der Waals surface area contributed by atoms with E-state index >= 15 is 0 Å². The largest absolute Gasteiger partial charge is 0.478 e. The van der Waals surface area contributed by atoms with E-state index in [1.807, 2.05) is 13.8 Å². The zero-order chi connectivity index (χ0) is 16.8. The Hall–Kier alpha value is -1.11. The summed E-state index contributed by atoms with van der Waals surface area (Å²) in [6.07, 6.45) is 3.20. The first kappa shape index (κ1) is 18.9. The minimum atomic E-state index is -3.84. The van der Waals surface area contributed by atoms with Gasteiger partial charge in [0.15, 0.2) is 0 Å². The number of halogens is 1. The third-order valence-corrected chi connectivity index (χ3v) is 5.50. The van der Waals surface area contributed by atoms with Crippen LogP contribution in [0, 0.1) is 0 Å². The number of carboxylic acids is 1. The van der Waals surface area contributed by atoms with Crippen LogP contribution in [0.3, 0.4) is 0 Å². The van der Waals surface area contributed by atoms with Crippen LogP contribution in [0.25, 0.3) is 0 Å². The van der Waals surface area contributed by atoms with Gasteiger partial charge in [0.05, 0.1) is 10.5 Å². The fourth-order valence-corrected chi connectivity index (χ4v) is 3.91. The molecule has 0 radical (unpaired) electrons. The summed E-state index contributed by atoms with van der Waals surface area (Å²) in [4.78, 5) is 11.1. The van der Waals surface area contributed by atoms with Crippen LogP contribution >= 0.6 is 11.6 Å². The predicted molar refractivity (Wildman–Crippen MR) is 87.0 cm³/mol. The Labute approximate surface area is 136 Å². The number of carboxylic acid groups (broad SMARTS) is 1. The summed E-state index contributed by atoms with van der Waals surface area (Å²) >= 11 is 5.79. The number of hydrogen-bond acceptors (Lipinski definition) is 3. The zero-order valence-electron chi connectivity index (χ0n) is 12.9. The number of aromatic carboxylic acids is 1. The van der Waals surface area contributed by atoms with Crippen molar-refractivity contribution in [1.82, 2.24) is 4.31 Å². The predicted octanol–water partition coefficient (Wildman–Crippen LogP) is 3.63. The van der Waals surface area contributed by atoms with E-state index in [1.54, 1.807) is 0 Å². The van der Waals surface area contributed by atoms with Crippen LogP contribution in [-0.2, 0) is 10.0 Å². The molecule has 22 heavy (non-hydrogen) atoms. The summed E-state index contributed by atoms with van der Waals surface area (Å²) < 4.78 is 27.0. The standard InChI is InChI=1S/C15H22ClNO4S/c1-3-5-9-17(10-6-4-2)22(20,21)14-8-7-12(16)11-13(14)15(18)19/h7-8,11H,3-6,9-10H2,1-2H3,(H,18,19). The highest BCUT2D eigenvalue weighted by molar-refractivity contribution is 7.89. The number of hydrogen-bond donors (Lipinski definition) is 1. The molecule has 0 fully saturated rings. The van der Waals surface area contributed by atoms with Gasteiger partial charge in [0.25, 0.3) is 0 Å². The number of rotatable bonds is 9. The number of carbonyl (C=O) groups is 1. The fourth-order valence-electron chi connectivity index (χ4n) is 2.05. The van der Waals surface area contributed by atoms with Crippen molar-refractivity contribution in [2.45, 2.75) is 44.4 Å². The second kappa shape index (κ2) is 8.50. The van der Waals surface area contributed by atoms with Gasteiger partial charge < -0.3 is 5.11 Å². The number of benzene rings is 1. The summed E-state index contributed by atoms with van der Waals surface area (Å²) in [6, 6.07) is 3.85. The van der Waals surface area contributed by atoms with Crippen molar-refractivity contribution in [3.05, 3.63) is 28.8 Å². The minimum Gasteiger partial charge on any atom is -0.478 e. The molecule has 0 atom stereocenters. The van der Waals surface area contributed by atoms with Crippen LogP contribution in [0.4, 0.5) is 0 Å². The monoisotopic (exact) mass is 347 g/mol. The third-order valence-electron chi connectivity index (χ3n) is 3.31. The molecule has 0 spiro atoms. The fraction of sp³-hybridized carbons (Fsp3) is 0.533. The highest BCUT2D eigenvalue weighted by atomic mass is 35.5. The maximum atomic E-state index is 12.8. The molecule has 1 N–H and O–H groups in total. The molecule has 5 nitrogen and oxygen atoms in total. The highest BCUT2D eigenvalue weighted by Crippen LogP contribution is 2.24. The van der Waals surface area contributed by atoms with Gasteiger partial charge in [-0.1, -0.05) is 38.3 Å². The van der Waals surface area contributed by atoms with E-state index in [0.29, 0.717) is 13.1 Å². The molecule has 0 aliphatic carbocycles. The van der Waals surface area contributed by atoms with Gasteiger partial charge in [0.1, 0.15) is 0 Å². The second-order valence-corrected chi connectivity index (χ2v) is 7.40. The first-order valence-electron chi connectivity index (χ1n) is 7.37. The Morgan fingerprint density at radius 2 is 1.73 bits per heavy atom. The number of nitrogens with zero attached hydrogens (tertiary/aromatic N) is 1. The Bertz CT molecular complexity index is 608. The zero-order valence-corrected chi connectivity index (χ0v) is 14.5. The van der Waals surface area contributed by atoms with E-state index in [4.69, 9.17) is 11.6 Å². The van der Waals surface area contributed by atoms with Crippen molar-refractivity contribution in [3.8, 4) is 0 Å². The lowest BCUT2D eigenvalue weighted by Crippen LogP contribution is -2.34. The van der Waals surface area contributed by atoms with Crippen LogP contribution in [0.15, 0.2) is 23.1 Å². The molecule has 0 unspecified atom stereocenters. The molecule has 1 aromatic carbocycles. The van der Waals surface area contributed by atoms with E-state index < -0.39 is 16.0 Å². The van der Waals surface area contributed by atoms with Crippen LogP contribution in [0.5, 0.6) is 0 Å². The maximum Gasteiger partial charge on any atom is 0.337 e. The molecule has 7 heteroatoms. The van der Waals surface area contributed by atoms with Gasteiger partial charge >= 0.3 is 5.97 Å². The second-order valence-electron chi connectivity index (χ2n) is 5.06. The van der Waals surface area contributed by atoms with E-state index in [-0.39, 0.29) is 15.5 Å². The molecule has 0 bridgehead atoms. The molecular weight excluding hydrogens is 326 g/mol.